The van der Waals surface area contributed by atoms with Crippen molar-refractivity contribution in [2.45, 2.75) is 39.0 Å². The van der Waals surface area contributed by atoms with Crippen molar-refractivity contribution in [3.8, 4) is 0 Å². The molecule has 1 aliphatic carbocycles. The number of amides is 1. The number of aryl methyl sites for hydroxylation is 1. The fourth-order valence-corrected chi connectivity index (χ4v) is 3.24. The topological polar surface area (TPSA) is 41.5 Å². The Morgan fingerprint density at radius 1 is 1.16 bits per heavy atom. The summed E-state index contributed by atoms with van der Waals surface area (Å²) < 4.78 is 0. The normalized spacial score (nSPS) is 26.4. The van der Waals surface area contributed by atoms with Crippen molar-refractivity contribution in [3.63, 3.8) is 0 Å². The molecule has 0 aromatic heterocycles. The zero-order chi connectivity index (χ0) is 13.2. The molecule has 1 fully saturated rings. The van der Waals surface area contributed by atoms with E-state index in [9.17, 15) is 4.79 Å². The van der Waals surface area contributed by atoms with Gasteiger partial charge in [0.15, 0.2) is 0 Å². The van der Waals surface area contributed by atoms with Gasteiger partial charge in [-0.3, -0.25) is 4.79 Å². The highest BCUT2D eigenvalue weighted by atomic mass is 16.2. The Bertz CT molecular complexity index is 504. The lowest BCUT2D eigenvalue weighted by Gasteiger charge is -2.34. The summed E-state index contributed by atoms with van der Waals surface area (Å²) in [6.07, 6.45) is 5.52. The van der Waals surface area contributed by atoms with Crippen molar-refractivity contribution in [3.05, 3.63) is 35.4 Å². The summed E-state index contributed by atoms with van der Waals surface area (Å²) in [6, 6.07) is 8.60. The predicted octanol–water partition coefficient (Wildman–Crippen LogP) is 2.89. The maximum atomic E-state index is 11.9. The number of carbonyl (C=O) groups is 1. The molecule has 2 atom stereocenters. The average Bonchev–Trinajstić information content (AvgIpc) is 2.48. The molecule has 1 N–H and O–H groups in total. The fraction of sp³-hybridized carbons (Fsp3) is 0.500. The molecule has 0 spiro atoms. The summed E-state index contributed by atoms with van der Waals surface area (Å²) in [4.78, 5) is 11.9. The molecule has 2 aliphatic rings. The van der Waals surface area contributed by atoms with Crippen LogP contribution in [0.15, 0.2) is 29.4 Å². The third kappa shape index (κ3) is 2.29. The first-order valence-corrected chi connectivity index (χ1v) is 7.26. The number of hydrazone groups is 1. The summed E-state index contributed by atoms with van der Waals surface area (Å²) in [5.41, 5.74) is 6.28. The van der Waals surface area contributed by atoms with Crippen LogP contribution in [0.25, 0.3) is 0 Å². The molecule has 0 radical (unpaired) electrons. The number of hydrogen-bond acceptors (Lipinski definition) is 2. The number of nitrogens with zero attached hydrogens (tertiary/aromatic N) is 1. The Morgan fingerprint density at radius 2 is 1.84 bits per heavy atom. The first-order chi connectivity index (χ1) is 9.29. The molecule has 3 rings (SSSR count). The van der Waals surface area contributed by atoms with Crippen molar-refractivity contribution in [1.82, 2.24) is 5.43 Å². The minimum Gasteiger partial charge on any atom is -0.273 e. The van der Waals surface area contributed by atoms with Gasteiger partial charge in [-0.15, -0.1) is 0 Å². The number of rotatable bonds is 2. The van der Waals surface area contributed by atoms with Gasteiger partial charge in [-0.1, -0.05) is 44.0 Å². The van der Waals surface area contributed by atoms with E-state index in [-0.39, 0.29) is 11.8 Å². The maximum absolute atomic E-state index is 11.9. The summed E-state index contributed by atoms with van der Waals surface area (Å²) in [5, 5.41) is 4.34. The van der Waals surface area contributed by atoms with Gasteiger partial charge < -0.3 is 0 Å². The molecule has 3 heteroatoms. The minimum absolute atomic E-state index is 0.110. The van der Waals surface area contributed by atoms with Crippen molar-refractivity contribution in [1.29, 1.82) is 0 Å². The minimum atomic E-state index is 0.110. The second-order valence-electron chi connectivity index (χ2n) is 5.52. The molecule has 0 unspecified atom stereocenters. The van der Waals surface area contributed by atoms with Gasteiger partial charge >= 0.3 is 0 Å². The predicted molar refractivity (Wildman–Crippen MR) is 75.9 cm³/mol. The lowest BCUT2D eigenvalue weighted by Crippen LogP contribution is -2.43. The van der Waals surface area contributed by atoms with E-state index in [1.165, 1.54) is 12.0 Å². The molecule has 100 valence electrons. The Balaban J connectivity index is 1.91. The van der Waals surface area contributed by atoms with Crippen LogP contribution in [0.1, 0.15) is 43.7 Å². The summed E-state index contributed by atoms with van der Waals surface area (Å²) in [6.45, 7) is 2.16. The lowest BCUT2D eigenvalue weighted by molar-refractivity contribution is -0.127. The van der Waals surface area contributed by atoms with E-state index in [0.29, 0.717) is 5.92 Å². The Morgan fingerprint density at radius 3 is 2.53 bits per heavy atom. The largest absolute Gasteiger partial charge is 0.273 e. The Labute approximate surface area is 114 Å². The van der Waals surface area contributed by atoms with Crippen molar-refractivity contribution in [2.24, 2.45) is 16.9 Å². The van der Waals surface area contributed by atoms with Crippen LogP contribution in [0, 0.1) is 11.8 Å². The van der Waals surface area contributed by atoms with Crippen LogP contribution in [0.4, 0.5) is 0 Å². The monoisotopic (exact) mass is 256 g/mol. The SMILES string of the molecule is CCc1ccc(C2=NNC(=O)[C@@H]3CCCC[C@@H]23)cc1. The van der Waals surface area contributed by atoms with E-state index in [0.717, 1.165) is 37.0 Å². The molecule has 1 heterocycles. The quantitative estimate of drug-likeness (QED) is 0.868. The third-order valence-electron chi connectivity index (χ3n) is 4.40. The zero-order valence-corrected chi connectivity index (χ0v) is 11.4. The molecule has 0 saturated heterocycles. The first kappa shape index (κ1) is 12.4. The molecule has 1 amide bonds. The average molecular weight is 256 g/mol. The third-order valence-corrected chi connectivity index (χ3v) is 4.40. The number of fused-ring (bicyclic) bond motifs is 1. The fourth-order valence-electron chi connectivity index (χ4n) is 3.24. The maximum Gasteiger partial charge on any atom is 0.243 e. The van der Waals surface area contributed by atoms with Gasteiger partial charge in [0.1, 0.15) is 0 Å². The highest BCUT2D eigenvalue weighted by Gasteiger charge is 2.37. The van der Waals surface area contributed by atoms with E-state index in [1.54, 1.807) is 0 Å². The van der Waals surface area contributed by atoms with E-state index >= 15 is 0 Å². The molecule has 3 nitrogen and oxygen atoms in total. The second-order valence-corrected chi connectivity index (χ2v) is 5.52. The van der Waals surface area contributed by atoms with Crippen LogP contribution in [0.2, 0.25) is 0 Å². The van der Waals surface area contributed by atoms with Gasteiger partial charge in [0, 0.05) is 11.8 Å². The van der Waals surface area contributed by atoms with Crippen LogP contribution in [0.5, 0.6) is 0 Å². The number of benzene rings is 1. The van der Waals surface area contributed by atoms with E-state index < -0.39 is 0 Å². The van der Waals surface area contributed by atoms with Crippen LogP contribution in [-0.4, -0.2) is 11.6 Å². The van der Waals surface area contributed by atoms with Gasteiger partial charge in [-0.05, 0) is 30.4 Å². The van der Waals surface area contributed by atoms with E-state index in [2.05, 4.69) is 41.7 Å². The molecule has 0 bridgehead atoms. The highest BCUT2D eigenvalue weighted by molar-refractivity contribution is 6.06. The van der Waals surface area contributed by atoms with E-state index in [1.807, 2.05) is 0 Å². The van der Waals surface area contributed by atoms with Crippen molar-refractivity contribution < 1.29 is 4.79 Å². The van der Waals surface area contributed by atoms with Gasteiger partial charge in [-0.2, -0.15) is 5.10 Å². The molecule has 19 heavy (non-hydrogen) atoms. The second kappa shape index (κ2) is 5.16. The number of hydrogen-bond donors (Lipinski definition) is 1. The van der Waals surface area contributed by atoms with Crippen LogP contribution in [0.3, 0.4) is 0 Å². The van der Waals surface area contributed by atoms with Gasteiger partial charge in [-0.25, -0.2) is 5.43 Å². The smallest absolute Gasteiger partial charge is 0.243 e. The standard InChI is InChI=1S/C16H20N2O/c1-2-11-7-9-12(10-8-11)15-13-5-3-4-6-14(13)16(19)18-17-15/h7-10,13-14H,2-6H2,1H3,(H,18,19)/t13-,14-/m1/s1. The summed E-state index contributed by atoms with van der Waals surface area (Å²) in [7, 11) is 0. The molecular weight excluding hydrogens is 236 g/mol. The van der Waals surface area contributed by atoms with Crippen molar-refractivity contribution >= 4 is 11.6 Å². The molecule has 1 saturated carbocycles. The number of carbonyl (C=O) groups excluding carboxylic acids is 1. The summed E-state index contributed by atoms with van der Waals surface area (Å²) in [5.74, 6) is 0.556. The van der Waals surface area contributed by atoms with E-state index in [4.69, 9.17) is 0 Å². The summed E-state index contributed by atoms with van der Waals surface area (Å²) >= 11 is 0. The number of nitrogens with one attached hydrogen (secondary N) is 1. The van der Waals surface area contributed by atoms with Gasteiger partial charge in [0.2, 0.25) is 5.91 Å². The van der Waals surface area contributed by atoms with Crippen LogP contribution < -0.4 is 5.43 Å². The Hall–Kier alpha value is -1.64. The molecule has 1 aromatic carbocycles. The van der Waals surface area contributed by atoms with Gasteiger partial charge in [0.25, 0.3) is 0 Å². The van der Waals surface area contributed by atoms with Crippen molar-refractivity contribution in [2.75, 3.05) is 0 Å². The van der Waals surface area contributed by atoms with Crippen LogP contribution >= 0.6 is 0 Å². The zero-order valence-electron chi connectivity index (χ0n) is 11.4. The first-order valence-electron chi connectivity index (χ1n) is 7.26. The molecular formula is C16H20N2O. The van der Waals surface area contributed by atoms with Gasteiger partial charge in [0.05, 0.1) is 5.71 Å². The molecule has 1 aliphatic heterocycles. The lowest BCUT2D eigenvalue weighted by atomic mass is 9.74. The van der Waals surface area contributed by atoms with Crippen LogP contribution in [-0.2, 0) is 11.2 Å². The molecule has 1 aromatic rings. The Kier molecular flexibility index (Phi) is 3.36. The highest BCUT2D eigenvalue weighted by Crippen LogP contribution is 2.35.